The predicted octanol–water partition coefficient (Wildman–Crippen LogP) is 2.52. The minimum atomic E-state index is -1.13. The van der Waals surface area contributed by atoms with Gasteiger partial charge in [0.05, 0.1) is 5.03 Å². The second kappa shape index (κ2) is 6.37. The lowest BCUT2D eigenvalue weighted by atomic mass is 9.98. The van der Waals surface area contributed by atoms with Gasteiger partial charge in [-0.05, 0) is 53.6 Å². The van der Waals surface area contributed by atoms with Gasteiger partial charge in [-0.15, -0.1) is 11.8 Å². The van der Waals surface area contributed by atoms with Crippen LogP contribution in [-0.4, -0.2) is 27.4 Å². The second-order valence-electron chi connectivity index (χ2n) is 3.99. The highest BCUT2D eigenvalue weighted by Gasteiger charge is 2.26. The summed E-state index contributed by atoms with van der Waals surface area (Å²) < 4.78 is 0.947. The van der Waals surface area contributed by atoms with Gasteiger partial charge in [0.25, 0.3) is 0 Å². The number of aliphatic carboxylic acids is 1. The van der Waals surface area contributed by atoms with Crippen LogP contribution in [0.2, 0.25) is 0 Å². The van der Waals surface area contributed by atoms with E-state index in [2.05, 4.69) is 20.9 Å². The van der Waals surface area contributed by atoms with Gasteiger partial charge in [-0.25, -0.2) is 4.98 Å². The zero-order chi connectivity index (χ0) is 12.9. The maximum atomic E-state index is 10.8. The third-order valence-electron chi connectivity index (χ3n) is 2.28. The molecule has 94 valence electrons. The summed E-state index contributed by atoms with van der Waals surface area (Å²) in [6.45, 7) is 1.54. The molecule has 0 fully saturated rings. The quantitative estimate of drug-likeness (QED) is 0.622. The SMILES string of the molecule is CC(N)(CCCSc1ccc(Br)cn1)C(=O)O. The first-order valence-electron chi connectivity index (χ1n) is 5.18. The van der Waals surface area contributed by atoms with Gasteiger partial charge in [0.1, 0.15) is 5.54 Å². The molecule has 1 heterocycles. The zero-order valence-corrected chi connectivity index (χ0v) is 11.9. The van der Waals surface area contributed by atoms with Crippen LogP contribution >= 0.6 is 27.7 Å². The molecule has 4 nitrogen and oxygen atoms in total. The van der Waals surface area contributed by atoms with Crippen molar-refractivity contribution < 1.29 is 9.90 Å². The molecule has 0 aromatic carbocycles. The van der Waals surface area contributed by atoms with E-state index >= 15 is 0 Å². The van der Waals surface area contributed by atoms with Crippen molar-refractivity contribution in [3.05, 3.63) is 22.8 Å². The molecule has 0 aliphatic carbocycles. The van der Waals surface area contributed by atoms with Crippen LogP contribution in [0.1, 0.15) is 19.8 Å². The van der Waals surface area contributed by atoms with Crippen LogP contribution < -0.4 is 5.73 Å². The Labute approximate surface area is 113 Å². The molecule has 17 heavy (non-hydrogen) atoms. The summed E-state index contributed by atoms with van der Waals surface area (Å²) in [5, 5.41) is 9.77. The lowest BCUT2D eigenvalue weighted by Crippen LogP contribution is -2.44. The van der Waals surface area contributed by atoms with Crippen molar-refractivity contribution in [2.45, 2.75) is 30.3 Å². The van der Waals surface area contributed by atoms with Gasteiger partial charge in [0.2, 0.25) is 0 Å². The lowest BCUT2D eigenvalue weighted by Gasteiger charge is -2.18. The summed E-state index contributed by atoms with van der Waals surface area (Å²) in [5.74, 6) is -0.140. The van der Waals surface area contributed by atoms with E-state index in [1.165, 1.54) is 6.92 Å². The van der Waals surface area contributed by atoms with E-state index in [0.29, 0.717) is 6.42 Å². The third kappa shape index (κ3) is 5.06. The number of thioether (sulfide) groups is 1. The number of carboxylic acid groups (broad SMARTS) is 1. The number of carbonyl (C=O) groups is 1. The van der Waals surface area contributed by atoms with Crippen LogP contribution in [0.5, 0.6) is 0 Å². The van der Waals surface area contributed by atoms with Crippen molar-refractivity contribution in [1.29, 1.82) is 0 Å². The molecule has 0 radical (unpaired) electrons. The Balaban J connectivity index is 2.29. The summed E-state index contributed by atoms with van der Waals surface area (Å²) in [7, 11) is 0. The van der Waals surface area contributed by atoms with Crippen LogP contribution in [0, 0.1) is 0 Å². The van der Waals surface area contributed by atoms with Crippen LogP contribution in [0.3, 0.4) is 0 Å². The molecule has 3 N–H and O–H groups in total. The summed E-state index contributed by atoms with van der Waals surface area (Å²) in [6.07, 6.45) is 2.96. The van der Waals surface area contributed by atoms with Crippen molar-refractivity contribution in [3.8, 4) is 0 Å². The molecule has 1 aromatic rings. The molecule has 0 saturated carbocycles. The van der Waals surface area contributed by atoms with Crippen molar-refractivity contribution >= 4 is 33.7 Å². The van der Waals surface area contributed by atoms with Gasteiger partial charge in [-0.1, -0.05) is 0 Å². The van der Waals surface area contributed by atoms with E-state index in [9.17, 15) is 4.79 Å². The first kappa shape index (κ1) is 14.5. The number of pyridine rings is 1. The number of aromatic nitrogens is 1. The molecule has 6 heteroatoms. The number of nitrogens with two attached hydrogens (primary N) is 1. The molecule has 0 bridgehead atoms. The van der Waals surface area contributed by atoms with Crippen LogP contribution in [0.25, 0.3) is 0 Å². The van der Waals surface area contributed by atoms with Gasteiger partial charge in [0, 0.05) is 10.7 Å². The normalized spacial score (nSPS) is 14.3. The molecule has 0 saturated heterocycles. The smallest absolute Gasteiger partial charge is 0.323 e. The standard InChI is InChI=1S/C11H15BrN2O2S/c1-11(13,10(15)16)5-2-6-17-9-4-3-8(12)7-14-9/h3-4,7H,2,5-6,13H2,1H3,(H,15,16). The number of halogens is 1. The van der Waals surface area contributed by atoms with Gasteiger partial charge >= 0.3 is 5.97 Å². The molecule has 0 aliphatic heterocycles. The molecule has 1 unspecified atom stereocenters. The van der Waals surface area contributed by atoms with Crippen molar-refractivity contribution in [1.82, 2.24) is 4.98 Å². The lowest BCUT2D eigenvalue weighted by molar-refractivity contribution is -0.142. The largest absolute Gasteiger partial charge is 0.480 e. The minimum Gasteiger partial charge on any atom is -0.480 e. The van der Waals surface area contributed by atoms with Crippen molar-refractivity contribution in [3.63, 3.8) is 0 Å². The Hall–Kier alpha value is -0.590. The molecule has 1 atom stereocenters. The third-order valence-corrected chi connectivity index (χ3v) is 3.78. The van der Waals surface area contributed by atoms with Crippen molar-refractivity contribution in [2.24, 2.45) is 5.73 Å². The number of hydrogen-bond donors (Lipinski definition) is 2. The molecule has 0 spiro atoms. The van der Waals surface area contributed by atoms with Gasteiger partial charge in [-0.3, -0.25) is 4.79 Å². The highest BCUT2D eigenvalue weighted by Crippen LogP contribution is 2.20. The fourth-order valence-corrected chi connectivity index (χ4v) is 2.19. The molecule has 1 aromatic heterocycles. The van der Waals surface area contributed by atoms with Crippen molar-refractivity contribution in [2.75, 3.05) is 5.75 Å². The predicted molar refractivity (Wildman–Crippen MR) is 72.1 cm³/mol. The summed E-state index contributed by atoms with van der Waals surface area (Å²) in [5.41, 5.74) is 4.50. The Kier molecular flexibility index (Phi) is 5.42. The number of rotatable bonds is 6. The monoisotopic (exact) mass is 318 g/mol. The maximum Gasteiger partial charge on any atom is 0.323 e. The minimum absolute atomic E-state index is 0.464. The Morgan fingerprint density at radius 1 is 1.65 bits per heavy atom. The molecular formula is C11H15BrN2O2S. The second-order valence-corrected chi connectivity index (χ2v) is 6.02. The fourth-order valence-electron chi connectivity index (χ4n) is 1.17. The Morgan fingerprint density at radius 3 is 2.88 bits per heavy atom. The fraction of sp³-hybridized carbons (Fsp3) is 0.455. The Bertz CT molecular complexity index is 382. The number of carboxylic acids is 1. The van der Waals surface area contributed by atoms with E-state index in [0.717, 1.165) is 21.7 Å². The first-order valence-corrected chi connectivity index (χ1v) is 6.96. The van der Waals surface area contributed by atoms with Crippen LogP contribution in [0.4, 0.5) is 0 Å². The van der Waals surface area contributed by atoms with Gasteiger partial charge < -0.3 is 10.8 Å². The maximum absolute atomic E-state index is 10.8. The summed E-state index contributed by atoms with van der Waals surface area (Å²) >= 11 is 4.92. The molecular weight excluding hydrogens is 304 g/mol. The van der Waals surface area contributed by atoms with E-state index in [1.807, 2.05) is 12.1 Å². The highest BCUT2D eigenvalue weighted by molar-refractivity contribution is 9.10. The number of nitrogens with zero attached hydrogens (tertiary/aromatic N) is 1. The summed E-state index contributed by atoms with van der Waals surface area (Å²) in [6, 6.07) is 3.85. The molecule has 0 aliphatic rings. The van der Waals surface area contributed by atoms with Crippen LogP contribution in [0.15, 0.2) is 27.8 Å². The first-order chi connectivity index (χ1) is 7.92. The average molecular weight is 319 g/mol. The average Bonchev–Trinajstić information content (AvgIpc) is 2.26. The number of hydrogen-bond acceptors (Lipinski definition) is 4. The molecule has 1 rings (SSSR count). The van der Waals surface area contributed by atoms with E-state index < -0.39 is 11.5 Å². The van der Waals surface area contributed by atoms with E-state index in [4.69, 9.17) is 10.8 Å². The topological polar surface area (TPSA) is 76.2 Å². The molecule has 0 amide bonds. The zero-order valence-electron chi connectivity index (χ0n) is 9.52. The highest BCUT2D eigenvalue weighted by atomic mass is 79.9. The van der Waals surface area contributed by atoms with Gasteiger partial charge in [0.15, 0.2) is 0 Å². The van der Waals surface area contributed by atoms with E-state index in [1.54, 1.807) is 18.0 Å². The summed E-state index contributed by atoms with van der Waals surface area (Å²) in [4.78, 5) is 15.0. The van der Waals surface area contributed by atoms with Crippen LogP contribution in [-0.2, 0) is 4.79 Å². The van der Waals surface area contributed by atoms with Gasteiger partial charge in [-0.2, -0.15) is 0 Å². The van der Waals surface area contributed by atoms with E-state index in [-0.39, 0.29) is 0 Å². The Morgan fingerprint density at radius 2 is 2.35 bits per heavy atom.